The van der Waals surface area contributed by atoms with E-state index in [9.17, 15) is 8.42 Å². The molecule has 0 aliphatic carbocycles. The summed E-state index contributed by atoms with van der Waals surface area (Å²) >= 11 is 0. The molecule has 0 saturated heterocycles. The second-order valence-electron chi connectivity index (χ2n) is 34.6. The predicted octanol–water partition coefficient (Wildman–Crippen LogP) is 20.8. The first-order chi connectivity index (χ1) is 62.1. The van der Waals surface area contributed by atoms with Crippen LogP contribution in [0.1, 0.15) is 24.9 Å². The number of rotatable bonds is 11. The van der Waals surface area contributed by atoms with E-state index in [1.165, 1.54) is 86.9 Å². The number of sulfone groups is 1. The Morgan fingerprint density at radius 3 is 1.01 bits per heavy atom. The molecule has 3 aliphatic rings. The smallest absolute Gasteiger partial charge is 0.173 e. The summed E-state index contributed by atoms with van der Waals surface area (Å²) in [5.74, 6) is 0. The molecule has 127 heavy (non-hydrogen) atoms. The first-order valence-corrected chi connectivity index (χ1v) is 58.6. The van der Waals surface area contributed by atoms with Crippen LogP contribution >= 0.6 is 0 Å². The van der Waals surface area contributed by atoms with E-state index in [1.807, 2.05) is 110 Å². The number of nitrogens with zero attached hydrogens (tertiary/aromatic N) is 6. The fourth-order valence-electron chi connectivity index (χ4n) is 15.8. The largest absolute Gasteiger partial charge is 0.305 e. The first-order valence-electron chi connectivity index (χ1n) is 44.6. The van der Waals surface area contributed by atoms with E-state index in [0.717, 1.165) is 78.7 Å². The Morgan fingerprint density at radius 2 is 0.622 bits per heavy atom. The zero-order chi connectivity index (χ0) is 92.0. The van der Waals surface area contributed by atoms with E-state index in [0.29, 0.717) is 9.79 Å². The van der Waals surface area contributed by atoms with Gasteiger partial charge in [-0.05, 0) is 120 Å². The van der Waals surface area contributed by atoms with E-state index in [2.05, 4.69) is 311 Å². The normalized spacial score (nSPS) is 13.6. The number of aromatic nitrogens is 6. The Morgan fingerprint density at radius 1 is 0.291 bits per heavy atom. The van der Waals surface area contributed by atoms with Gasteiger partial charge in [-0.15, -0.1) is 189 Å². The molecule has 3 aliphatic heterocycles. The number of aryl methyl sites for hydroxylation is 3. The zero-order valence-electron chi connectivity index (χ0n) is 78.9. The molecule has 641 valence electrons. The molecule has 8 nitrogen and oxygen atoms in total. The van der Waals surface area contributed by atoms with Crippen LogP contribution in [0.25, 0.3) is 101 Å². The summed E-state index contributed by atoms with van der Waals surface area (Å²) in [6, 6.07) is 126. The van der Waals surface area contributed by atoms with Crippen molar-refractivity contribution in [3.63, 3.8) is 0 Å². The van der Waals surface area contributed by atoms with E-state index in [4.69, 9.17) is 18.2 Å². The number of hydrogen-bond acceptors (Lipinski definition) is 8. The molecule has 0 amide bonds. The van der Waals surface area contributed by atoms with Crippen LogP contribution in [0.4, 0.5) is 0 Å². The fraction of sp³-hybridized carbons (Fsp3) is 0.127. The summed E-state index contributed by atoms with van der Waals surface area (Å²) in [7, 11) is -11.5. The predicted molar refractivity (Wildman–Crippen MR) is 530 cm³/mol. The molecular formula is C110H100Ir3N6O2SSi5-6. The van der Waals surface area contributed by atoms with Crippen LogP contribution < -0.4 is 46.7 Å². The average Bonchev–Trinajstić information content (AvgIpc) is 1.54. The van der Waals surface area contributed by atoms with Crippen molar-refractivity contribution >= 4 is 96.9 Å². The molecule has 20 rings (SSSR count). The molecule has 0 fully saturated rings. The van der Waals surface area contributed by atoms with Crippen LogP contribution in [0.15, 0.2) is 362 Å². The number of fused-ring (bicyclic) bond motifs is 9. The first kappa shape index (κ1) is 87.0. The Hall–Kier alpha value is -10.7. The van der Waals surface area contributed by atoms with Gasteiger partial charge in [-0.1, -0.05) is 304 Å². The molecule has 0 bridgehead atoms. The summed E-state index contributed by atoms with van der Waals surface area (Å²) in [5.41, 5.74) is 19.6. The topological polar surface area (TPSA) is 111 Å². The molecule has 9 heterocycles. The number of hydrogen-bond donors (Lipinski definition) is 0. The van der Waals surface area contributed by atoms with Gasteiger partial charge in [0.05, 0.1) is 37.2 Å². The van der Waals surface area contributed by atoms with Crippen molar-refractivity contribution in [2.45, 2.75) is 102 Å². The van der Waals surface area contributed by atoms with Gasteiger partial charge >= 0.3 is 0 Å². The summed E-state index contributed by atoms with van der Waals surface area (Å²) in [5, 5.41) is 12.8. The molecule has 0 unspecified atom stereocenters. The van der Waals surface area contributed by atoms with Crippen molar-refractivity contribution in [2.24, 2.45) is 0 Å². The minimum absolute atomic E-state index is 0. The molecule has 3 radical (unpaired) electrons. The second-order valence-corrected chi connectivity index (χ2v) is 59.8. The summed E-state index contributed by atoms with van der Waals surface area (Å²) in [6.45, 7) is 23.7. The maximum absolute atomic E-state index is 12.6. The van der Waals surface area contributed by atoms with Crippen molar-refractivity contribution < 1.29 is 77.0 Å². The summed E-state index contributed by atoms with van der Waals surface area (Å²) in [6.07, 6.45) is 10.7. The van der Waals surface area contributed by atoms with Gasteiger partial charge in [0.2, 0.25) is 0 Å². The van der Waals surface area contributed by atoms with Crippen LogP contribution in [0, 0.1) is 57.0 Å². The maximum Gasteiger partial charge on any atom is 0.173 e. The van der Waals surface area contributed by atoms with E-state index >= 15 is 0 Å². The van der Waals surface area contributed by atoms with Gasteiger partial charge in [0, 0.05) is 106 Å². The number of benzene rings is 11. The van der Waals surface area contributed by atoms with Crippen LogP contribution in [0.3, 0.4) is 0 Å². The fourth-order valence-corrected chi connectivity index (χ4v) is 28.7. The van der Waals surface area contributed by atoms with E-state index in [1.54, 1.807) is 54.6 Å². The zero-order valence-corrected chi connectivity index (χ0v) is 85.9. The van der Waals surface area contributed by atoms with Gasteiger partial charge < -0.3 is 29.9 Å². The van der Waals surface area contributed by atoms with Gasteiger partial charge in [-0.2, -0.15) is 0 Å². The van der Waals surface area contributed by atoms with Crippen molar-refractivity contribution in [1.29, 1.82) is 0 Å². The summed E-state index contributed by atoms with van der Waals surface area (Å²) in [4.78, 5) is 27.5. The third kappa shape index (κ3) is 21.4. The van der Waals surface area contributed by atoms with Crippen molar-refractivity contribution in [2.75, 3.05) is 0 Å². The average molecular weight is 2290 g/mol. The Labute approximate surface area is 805 Å². The minimum Gasteiger partial charge on any atom is -0.305 e. The third-order valence-corrected chi connectivity index (χ3v) is 39.0. The molecule has 6 aromatic heterocycles. The van der Waals surface area contributed by atoms with E-state index in [-0.39, 0.29) is 71.4 Å². The SMILES string of the molecule is C[Si](C)(C)c1ccc(-c2[c-]cc3c(c2)-c2ccccc2S3(=O)=O)nc1.C[Si](C)(C)c1ccc(-c2[c-]cc3c(c2)-c2ccccc2[Si]3(C)C)nc1.C[Si](C)(C)c1ccc(-c2[c-]cc3c(c2)-c2ccccc2[Si]3(c2ccccc2)c2ccccc2)nc1.Cc1ccc(-c2[c-]cccc2)nc1.[2H]C([2H])([2H])c1ccc(-c2[c-]cccc2)nc1.[2H]C([2H])([2H])c1ccc(-c2[c-]cccc2)nc1.[Ir].[Ir].[Ir]. The van der Waals surface area contributed by atoms with Crippen LogP contribution in [0.5, 0.6) is 0 Å². The molecule has 17 heteroatoms. The van der Waals surface area contributed by atoms with Crippen molar-refractivity contribution in [3.05, 3.63) is 406 Å². The molecule has 11 aromatic carbocycles. The van der Waals surface area contributed by atoms with Crippen molar-refractivity contribution in [1.82, 2.24) is 29.9 Å². The minimum atomic E-state index is -3.44. The number of pyridine rings is 6. The van der Waals surface area contributed by atoms with Crippen LogP contribution in [-0.2, 0) is 70.2 Å². The standard InChI is InChI=1S/C32H28NSi2.C22H24NSi2.C20H18NO2SSi.3C12H10N.3Ir/c1-34(2,3)27-19-20-30(33-23-27)24-18-21-32-29(22-24)28-16-10-11-17-31(28)35(32,25-12-6-4-7-13-25)26-14-8-5-9-15-26;1-24(2,3)17-11-12-20(23-15-17)16-10-13-22-19(14-16)18-8-6-7-9-21(18)25(22,4)5;1-25(2,3)15-9-10-18(21-13-15)14-8-11-20-17(12-14)16-6-4-5-7-19(16)24(20,22)23;3*1-10-7-8-12(13-9-10)11-5-3-2-4-6-11;;;/h4-17,19-23H,1-3H3;6-9,11-15H,1-5H3;4-7,9-13H,1-3H3;3*2-5,7-9H,1H3;;;/q6*-1;;;/i;;;2*1D3;;;;. The quantitative estimate of drug-likeness (QED) is 0.0930. The summed E-state index contributed by atoms with van der Waals surface area (Å²) < 4.78 is 68.7. The molecule has 0 atom stereocenters. The van der Waals surface area contributed by atoms with Gasteiger partial charge in [-0.25, -0.2) is 8.42 Å². The third-order valence-electron chi connectivity index (χ3n) is 22.7. The van der Waals surface area contributed by atoms with Gasteiger partial charge in [-0.3, -0.25) is 0 Å². The molecule has 0 spiro atoms. The molecule has 0 N–H and O–H groups in total. The van der Waals surface area contributed by atoms with Gasteiger partial charge in [0.25, 0.3) is 0 Å². The molecule has 17 aromatic rings. The molecule has 0 saturated carbocycles. The Balaban J connectivity index is 0.000000148. The van der Waals surface area contributed by atoms with E-state index < -0.39 is 63.9 Å². The maximum atomic E-state index is 12.6. The van der Waals surface area contributed by atoms with Crippen molar-refractivity contribution in [3.8, 4) is 101 Å². The monoisotopic (exact) mass is 2290 g/mol. The van der Waals surface area contributed by atoms with Gasteiger partial charge in [0.1, 0.15) is 8.07 Å². The Bertz CT molecular complexity index is 6820. The van der Waals surface area contributed by atoms with Crippen LogP contribution in [0.2, 0.25) is 72.0 Å². The molecular weight excluding hydrogens is 2190 g/mol. The van der Waals surface area contributed by atoms with Crippen LogP contribution in [-0.4, -0.2) is 78.7 Å². The van der Waals surface area contributed by atoms with Gasteiger partial charge in [0.15, 0.2) is 9.84 Å². The Kier molecular flexibility index (Phi) is 28.2. The second kappa shape index (κ2) is 41.2.